The van der Waals surface area contributed by atoms with E-state index in [-0.39, 0.29) is 11.5 Å². The molecule has 0 bridgehead atoms. The van der Waals surface area contributed by atoms with Crippen molar-refractivity contribution in [1.82, 2.24) is 9.78 Å². The van der Waals surface area contributed by atoms with Crippen LogP contribution in [0.5, 0.6) is 0 Å². The number of allylic oxidation sites excluding steroid dienone is 2. The summed E-state index contributed by atoms with van der Waals surface area (Å²) in [6.45, 7) is 1.52. The van der Waals surface area contributed by atoms with E-state index in [4.69, 9.17) is 21.3 Å². The van der Waals surface area contributed by atoms with Crippen LogP contribution in [0.1, 0.15) is 13.0 Å². The predicted octanol–water partition coefficient (Wildman–Crippen LogP) is 0.666. The highest BCUT2D eigenvalue weighted by molar-refractivity contribution is 5.29. The van der Waals surface area contributed by atoms with E-state index in [9.17, 15) is 14.5 Å². The lowest BCUT2D eigenvalue weighted by molar-refractivity contribution is -0.387. The van der Waals surface area contributed by atoms with Crippen LogP contribution in [0.4, 0.5) is 10.1 Å². The molecule has 0 saturated carbocycles. The van der Waals surface area contributed by atoms with E-state index in [1.54, 1.807) is 0 Å². The third-order valence-electron chi connectivity index (χ3n) is 2.52. The van der Waals surface area contributed by atoms with Crippen molar-refractivity contribution in [3.63, 3.8) is 0 Å². The number of ether oxygens (including phenoxy) is 1. The molecule has 1 rings (SSSR count). The van der Waals surface area contributed by atoms with Crippen LogP contribution in [0.3, 0.4) is 0 Å². The fourth-order valence-electron chi connectivity index (χ4n) is 1.50. The van der Waals surface area contributed by atoms with Crippen molar-refractivity contribution < 1.29 is 19.2 Å². The molecule has 0 aliphatic rings. The molecule has 20 heavy (non-hydrogen) atoms. The lowest BCUT2D eigenvalue weighted by Crippen LogP contribution is -2.15. The minimum Gasteiger partial charge on any atom is -0.495 e. The van der Waals surface area contributed by atoms with Gasteiger partial charge in [0.1, 0.15) is 6.20 Å². The Morgan fingerprint density at radius 2 is 2.30 bits per heavy atom. The summed E-state index contributed by atoms with van der Waals surface area (Å²) in [5, 5.41) is 23.1. The van der Waals surface area contributed by atoms with E-state index in [2.05, 4.69) is 5.10 Å². The first-order chi connectivity index (χ1) is 9.27. The number of rotatable bonds is 5. The topological polar surface area (TPSA) is 142 Å². The fraction of sp³-hybridized carbons (Fsp3) is 0.300. The summed E-state index contributed by atoms with van der Waals surface area (Å²) >= 11 is 0. The molecule has 0 fully saturated rings. The molecule has 5 N–H and O–H groups in total. The molecule has 1 aromatic rings. The van der Waals surface area contributed by atoms with Gasteiger partial charge in [-0.05, 0) is 6.92 Å². The van der Waals surface area contributed by atoms with Crippen molar-refractivity contribution in [1.29, 1.82) is 0 Å². The SMILES string of the molecule is CO/C(N)=C(/C=C(\N)O)C(C)n1cc([N+](=O)[O-])c(F)n1. The number of halogens is 1. The maximum atomic E-state index is 13.3. The van der Waals surface area contributed by atoms with Crippen LogP contribution in [0.15, 0.2) is 29.6 Å². The second kappa shape index (κ2) is 5.91. The lowest BCUT2D eigenvalue weighted by Gasteiger charge is -2.15. The van der Waals surface area contributed by atoms with E-state index in [1.165, 1.54) is 14.0 Å². The summed E-state index contributed by atoms with van der Waals surface area (Å²) in [5.41, 5.74) is 10.1. The average Bonchev–Trinajstić information content (AvgIpc) is 2.76. The zero-order chi connectivity index (χ0) is 15.4. The number of nitro groups is 1. The van der Waals surface area contributed by atoms with Gasteiger partial charge in [-0.15, -0.1) is 5.10 Å². The number of methoxy groups -OCH3 is 1. The average molecular weight is 287 g/mol. The van der Waals surface area contributed by atoms with Gasteiger partial charge in [-0.25, -0.2) is 0 Å². The van der Waals surface area contributed by atoms with Crippen LogP contribution in [-0.2, 0) is 4.74 Å². The van der Waals surface area contributed by atoms with Crippen molar-refractivity contribution in [2.45, 2.75) is 13.0 Å². The normalized spacial score (nSPS) is 14.7. The van der Waals surface area contributed by atoms with Crippen LogP contribution in [0, 0.1) is 16.1 Å². The van der Waals surface area contributed by atoms with Crippen LogP contribution < -0.4 is 11.5 Å². The van der Waals surface area contributed by atoms with Crippen LogP contribution in [0.25, 0.3) is 0 Å². The van der Waals surface area contributed by atoms with Gasteiger partial charge in [0.25, 0.3) is 0 Å². The minimum absolute atomic E-state index is 0.0898. The Morgan fingerprint density at radius 1 is 1.70 bits per heavy atom. The third kappa shape index (κ3) is 3.16. The Labute approximate surface area is 113 Å². The molecule has 1 atom stereocenters. The first-order valence-corrected chi connectivity index (χ1v) is 5.36. The molecular weight excluding hydrogens is 273 g/mol. The Balaban J connectivity index is 3.27. The highest BCUT2D eigenvalue weighted by atomic mass is 19.1. The number of nitrogens with two attached hydrogens (primary N) is 2. The van der Waals surface area contributed by atoms with Crippen molar-refractivity contribution >= 4 is 5.69 Å². The summed E-state index contributed by atoms with van der Waals surface area (Å²) in [5.74, 6) is -1.86. The van der Waals surface area contributed by atoms with Gasteiger partial charge < -0.3 is 21.3 Å². The molecule has 0 amide bonds. The molecule has 9 nitrogen and oxygen atoms in total. The minimum atomic E-state index is -1.22. The molecule has 0 radical (unpaired) electrons. The third-order valence-corrected chi connectivity index (χ3v) is 2.52. The Bertz CT molecular complexity index is 576. The van der Waals surface area contributed by atoms with Crippen molar-refractivity contribution in [2.24, 2.45) is 11.5 Å². The van der Waals surface area contributed by atoms with Gasteiger partial charge in [0.2, 0.25) is 0 Å². The second-order valence-corrected chi connectivity index (χ2v) is 3.81. The van der Waals surface area contributed by atoms with Gasteiger partial charge in [-0.1, -0.05) is 0 Å². The van der Waals surface area contributed by atoms with E-state index in [0.717, 1.165) is 17.0 Å². The van der Waals surface area contributed by atoms with Crippen molar-refractivity contribution in [3.8, 4) is 0 Å². The number of nitrogens with zero attached hydrogens (tertiary/aromatic N) is 3. The van der Waals surface area contributed by atoms with E-state index in [0.29, 0.717) is 0 Å². The van der Waals surface area contributed by atoms with Gasteiger partial charge in [0, 0.05) is 11.6 Å². The number of aliphatic hydroxyl groups excluding tert-OH is 1. The number of hydrogen-bond donors (Lipinski definition) is 3. The molecular formula is C10H14FN5O4. The van der Waals surface area contributed by atoms with Crippen LogP contribution >= 0.6 is 0 Å². The predicted molar refractivity (Wildman–Crippen MR) is 66.7 cm³/mol. The first-order valence-electron chi connectivity index (χ1n) is 5.36. The van der Waals surface area contributed by atoms with Gasteiger partial charge >= 0.3 is 11.6 Å². The molecule has 10 heteroatoms. The molecule has 0 aromatic carbocycles. The molecule has 1 unspecified atom stereocenters. The summed E-state index contributed by atoms with van der Waals surface area (Å²) in [4.78, 5) is 9.68. The Kier molecular flexibility index (Phi) is 4.51. The molecule has 0 saturated heterocycles. The smallest absolute Gasteiger partial charge is 0.343 e. The zero-order valence-corrected chi connectivity index (χ0v) is 10.8. The molecule has 110 valence electrons. The summed E-state index contributed by atoms with van der Waals surface area (Å²) in [6.07, 6.45) is 2.00. The van der Waals surface area contributed by atoms with Gasteiger partial charge in [0.05, 0.1) is 18.1 Å². The van der Waals surface area contributed by atoms with Crippen LogP contribution in [-0.4, -0.2) is 26.9 Å². The zero-order valence-electron chi connectivity index (χ0n) is 10.8. The second-order valence-electron chi connectivity index (χ2n) is 3.81. The van der Waals surface area contributed by atoms with Gasteiger partial charge in [-0.2, -0.15) is 4.39 Å². The van der Waals surface area contributed by atoms with Crippen LogP contribution in [0.2, 0.25) is 0 Å². The number of hydrogen-bond acceptors (Lipinski definition) is 7. The monoisotopic (exact) mass is 287 g/mol. The maximum absolute atomic E-state index is 13.3. The van der Waals surface area contributed by atoms with E-state index in [1.807, 2.05) is 0 Å². The quantitative estimate of drug-likeness (QED) is 0.312. The van der Waals surface area contributed by atoms with Gasteiger partial charge in [-0.3, -0.25) is 14.8 Å². The standard InChI is InChI=1S/C10H14FN5O4/c1-5(6(3-8(12)17)10(13)20-2)15-4-7(16(18)19)9(11)14-15/h3-5,17H,12-13H2,1-2H3/b8-3+,10-6-. The molecule has 0 spiro atoms. The molecule has 0 aliphatic heterocycles. The molecule has 0 aliphatic carbocycles. The highest BCUT2D eigenvalue weighted by Gasteiger charge is 2.23. The van der Waals surface area contributed by atoms with E-state index < -0.39 is 28.5 Å². The summed E-state index contributed by atoms with van der Waals surface area (Å²) in [6, 6.07) is -0.746. The first kappa shape index (κ1) is 15.3. The van der Waals surface area contributed by atoms with E-state index >= 15 is 0 Å². The van der Waals surface area contributed by atoms with Crippen molar-refractivity contribution in [2.75, 3.05) is 7.11 Å². The highest BCUT2D eigenvalue weighted by Crippen LogP contribution is 2.24. The van der Waals surface area contributed by atoms with Gasteiger partial charge in [0.15, 0.2) is 11.8 Å². The lowest BCUT2D eigenvalue weighted by atomic mass is 10.1. The summed E-state index contributed by atoms with van der Waals surface area (Å²) in [7, 11) is 1.29. The Hall–Kier alpha value is -2.78. The number of aliphatic hydroxyl groups is 1. The summed E-state index contributed by atoms with van der Waals surface area (Å²) < 4.78 is 19.1. The fourth-order valence-corrected chi connectivity index (χ4v) is 1.50. The maximum Gasteiger partial charge on any atom is 0.343 e. The number of aromatic nitrogens is 2. The van der Waals surface area contributed by atoms with Crippen molar-refractivity contribution in [3.05, 3.63) is 45.7 Å². The largest absolute Gasteiger partial charge is 0.495 e. The molecule has 1 aromatic heterocycles. The Morgan fingerprint density at radius 3 is 2.70 bits per heavy atom. The molecule has 1 heterocycles.